The Labute approximate surface area is 68.2 Å². The summed E-state index contributed by atoms with van der Waals surface area (Å²) in [6, 6.07) is 0. The summed E-state index contributed by atoms with van der Waals surface area (Å²) in [5.41, 5.74) is 0. The molecule has 0 heterocycles. The van der Waals surface area contributed by atoms with Crippen molar-refractivity contribution >= 4 is 5.97 Å². The number of allylic oxidation sites excluding steroid dienone is 1. The lowest BCUT2D eigenvalue weighted by Gasteiger charge is -2.03. The van der Waals surface area contributed by atoms with Crippen LogP contribution in [-0.2, 0) is 9.53 Å². The lowest BCUT2D eigenvalue weighted by atomic mass is 10.3. The first-order valence-electron chi connectivity index (χ1n) is 4.04. The molecule has 0 aromatic rings. The van der Waals surface area contributed by atoms with E-state index in [0.717, 1.165) is 12.8 Å². The van der Waals surface area contributed by atoms with Crippen LogP contribution in [0.1, 0.15) is 33.6 Å². The van der Waals surface area contributed by atoms with E-state index >= 15 is 0 Å². The molecule has 0 rings (SSSR count). The van der Waals surface area contributed by atoms with Gasteiger partial charge in [-0.25, -0.2) is 4.79 Å². The van der Waals surface area contributed by atoms with E-state index in [9.17, 15) is 4.79 Å². The fourth-order valence-corrected chi connectivity index (χ4v) is 0.618. The maximum atomic E-state index is 10.8. The molecular weight excluding hydrogens is 140 g/mol. The average molecular weight is 156 g/mol. The van der Waals surface area contributed by atoms with Gasteiger partial charge in [0, 0.05) is 6.08 Å². The summed E-state index contributed by atoms with van der Waals surface area (Å²) >= 11 is 0. The average Bonchev–Trinajstić information content (AvgIpc) is 1.86. The molecule has 0 N–H and O–H groups in total. The molecule has 0 aliphatic carbocycles. The first-order chi connectivity index (χ1) is 5.16. The van der Waals surface area contributed by atoms with Crippen molar-refractivity contribution in [2.24, 2.45) is 0 Å². The van der Waals surface area contributed by atoms with E-state index in [1.807, 2.05) is 19.9 Å². The molecule has 0 unspecified atom stereocenters. The molecule has 0 fully saturated rings. The molecule has 2 heteroatoms. The number of hydrogen-bond donors (Lipinski definition) is 0. The quantitative estimate of drug-likeness (QED) is 0.461. The molecule has 64 valence electrons. The van der Waals surface area contributed by atoms with E-state index in [1.165, 1.54) is 6.08 Å². The minimum atomic E-state index is -0.242. The minimum Gasteiger partial charge on any atom is -0.460 e. The van der Waals surface area contributed by atoms with E-state index in [2.05, 4.69) is 6.92 Å². The molecule has 0 atom stereocenters. The van der Waals surface area contributed by atoms with Crippen LogP contribution < -0.4 is 0 Å². The Morgan fingerprint density at radius 1 is 1.55 bits per heavy atom. The molecule has 0 saturated carbocycles. The molecule has 2 nitrogen and oxygen atoms in total. The monoisotopic (exact) mass is 156 g/mol. The zero-order valence-corrected chi connectivity index (χ0v) is 7.46. The third-order valence-electron chi connectivity index (χ3n) is 1.06. The molecule has 0 aliphatic heterocycles. The Morgan fingerprint density at radius 3 is 2.64 bits per heavy atom. The molecular formula is C9H16O2. The van der Waals surface area contributed by atoms with Crippen molar-refractivity contribution in [2.45, 2.75) is 39.7 Å². The second-order valence-electron chi connectivity index (χ2n) is 2.68. The SMILES string of the molecule is CCC/C=C/C(=O)OC(C)C. The summed E-state index contributed by atoms with van der Waals surface area (Å²) in [6.07, 6.45) is 5.31. The van der Waals surface area contributed by atoms with Crippen molar-refractivity contribution in [1.29, 1.82) is 0 Å². The van der Waals surface area contributed by atoms with Gasteiger partial charge in [0.1, 0.15) is 0 Å². The number of unbranched alkanes of at least 4 members (excludes halogenated alkanes) is 1. The number of esters is 1. The van der Waals surface area contributed by atoms with Crippen molar-refractivity contribution in [3.63, 3.8) is 0 Å². The van der Waals surface area contributed by atoms with Crippen LogP contribution in [0.2, 0.25) is 0 Å². The topological polar surface area (TPSA) is 26.3 Å². The van der Waals surface area contributed by atoms with E-state index in [4.69, 9.17) is 4.74 Å². The molecule has 0 aliphatic rings. The van der Waals surface area contributed by atoms with Gasteiger partial charge in [0.25, 0.3) is 0 Å². The van der Waals surface area contributed by atoms with Crippen LogP contribution in [0.25, 0.3) is 0 Å². The molecule has 11 heavy (non-hydrogen) atoms. The van der Waals surface area contributed by atoms with Gasteiger partial charge < -0.3 is 4.74 Å². The number of carbonyl (C=O) groups is 1. The van der Waals surface area contributed by atoms with Gasteiger partial charge in [-0.15, -0.1) is 0 Å². The van der Waals surface area contributed by atoms with Gasteiger partial charge in [-0.3, -0.25) is 0 Å². The van der Waals surface area contributed by atoms with Gasteiger partial charge in [0.15, 0.2) is 0 Å². The number of rotatable bonds is 4. The number of ether oxygens (including phenoxy) is 1. The Kier molecular flexibility index (Phi) is 5.53. The van der Waals surface area contributed by atoms with Crippen molar-refractivity contribution in [3.8, 4) is 0 Å². The molecule has 0 saturated heterocycles. The van der Waals surface area contributed by atoms with E-state index in [-0.39, 0.29) is 12.1 Å². The maximum Gasteiger partial charge on any atom is 0.330 e. The second kappa shape index (κ2) is 5.96. The Bertz CT molecular complexity index is 136. The summed E-state index contributed by atoms with van der Waals surface area (Å²) in [4.78, 5) is 10.8. The van der Waals surface area contributed by atoms with Crippen LogP contribution in [-0.4, -0.2) is 12.1 Å². The van der Waals surface area contributed by atoms with Gasteiger partial charge in [0.2, 0.25) is 0 Å². The molecule has 0 spiro atoms. The van der Waals surface area contributed by atoms with Gasteiger partial charge >= 0.3 is 5.97 Å². The van der Waals surface area contributed by atoms with Crippen LogP contribution in [0.5, 0.6) is 0 Å². The largest absolute Gasteiger partial charge is 0.460 e. The smallest absolute Gasteiger partial charge is 0.330 e. The lowest BCUT2D eigenvalue weighted by molar-refractivity contribution is -0.141. The highest BCUT2D eigenvalue weighted by Crippen LogP contribution is 1.93. The predicted octanol–water partition coefficient (Wildman–Crippen LogP) is 2.29. The maximum absolute atomic E-state index is 10.8. The highest BCUT2D eigenvalue weighted by molar-refractivity contribution is 5.81. The standard InChI is InChI=1S/C9H16O2/c1-4-5-6-7-9(10)11-8(2)3/h6-8H,4-5H2,1-3H3/b7-6+. The first kappa shape index (κ1) is 10.2. The van der Waals surface area contributed by atoms with Crippen LogP contribution in [0.4, 0.5) is 0 Å². The summed E-state index contributed by atoms with van der Waals surface area (Å²) in [5.74, 6) is -0.242. The van der Waals surface area contributed by atoms with Crippen LogP contribution in [0.3, 0.4) is 0 Å². The predicted molar refractivity (Wildman–Crippen MR) is 45.3 cm³/mol. The van der Waals surface area contributed by atoms with Crippen LogP contribution >= 0.6 is 0 Å². The second-order valence-corrected chi connectivity index (χ2v) is 2.68. The summed E-state index contributed by atoms with van der Waals surface area (Å²) in [5, 5.41) is 0. The summed E-state index contributed by atoms with van der Waals surface area (Å²) in [7, 11) is 0. The zero-order chi connectivity index (χ0) is 8.69. The van der Waals surface area contributed by atoms with E-state index < -0.39 is 0 Å². The third kappa shape index (κ3) is 7.10. The number of hydrogen-bond acceptors (Lipinski definition) is 2. The van der Waals surface area contributed by atoms with Gasteiger partial charge in [-0.1, -0.05) is 19.4 Å². The normalized spacial score (nSPS) is 10.9. The lowest BCUT2D eigenvalue weighted by Crippen LogP contribution is -2.08. The van der Waals surface area contributed by atoms with Gasteiger partial charge in [-0.2, -0.15) is 0 Å². The molecule has 0 aromatic heterocycles. The third-order valence-corrected chi connectivity index (χ3v) is 1.06. The van der Waals surface area contributed by atoms with Gasteiger partial charge in [-0.05, 0) is 20.3 Å². The van der Waals surface area contributed by atoms with Crippen molar-refractivity contribution in [1.82, 2.24) is 0 Å². The molecule has 0 radical (unpaired) electrons. The minimum absolute atomic E-state index is 0.0197. The van der Waals surface area contributed by atoms with Crippen LogP contribution in [0.15, 0.2) is 12.2 Å². The molecule has 0 amide bonds. The fraction of sp³-hybridized carbons (Fsp3) is 0.667. The number of carbonyl (C=O) groups excluding carboxylic acids is 1. The first-order valence-corrected chi connectivity index (χ1v) is 4.04. The molecule has 0 aromatic carbocycles. The van der Waals surface area contributed by atoms with E-state index in [0.29, 0.717) is 0 Å². The Morgan fingerprint density at radius 2 is 2.18 bits per heavy atom. The Hall–Kier alpha value is -0.790. The zero-order valence-electron chi connectivity index (χ0n) is 7.46. The van der Waals surface area contributed by atoms with Crippen molar-refractivity contribution < 1.29 is 9.53 Å². The summed E-state index contributed by atoms with van der Waals surface area (Å²) in [6.45, 7) is 5.75. The van der Waals surface area contributed by atoms with Crippen molar-refractivity contribution in [2.75, 3.05) is 0 Å². The summed E-state index contributed by atoms with van der Waals surface area (Å²) < 4.78 is 4.87. The Balaban J connectivity index is 3.51. The highest BCUT2D eigenvalue weighted by Gasteiger charge is 1.98. The van der Waals surface area contributed by atoms with Gasteiger partial charge in [0.05, 0.1) is 6.10 Å². The van der Waals surface area contributed by atoms with Crippen molar-refractivity contribution in [3.05, 3.63) is 12.2 Å². The fourth-order valence-electron chi connectivity index (χ4n) is 0.618. The molecule has 0 bridgehead atoms. The highest BCUT2D eigenvalue weighted by atomic mass is 16.5. The van der Waals surface area contributed by atoms with E-state index in [1.54, 1.807) is 0 Å². The van der Waals surface area contributed by atoms with Crippen LogP contribution in [0, 0.1) is 0 Å².